The number of fused-ring (bicyclic) bond motifs is 1. The zero-order chi connectivity index (χ0) is 14.1. The molecular weight excluding hydrogens is 258 g/mol. The van der Waals surface area contributed by atoms with E-state index in [9.17, 15) is 14.9 Å². The quantitative estimate of drug-likeness (QED) is 0.494. The maximum absolute atomic E-state index is 11.5. The molecule has 3 rings (SSSR count). The molecule has 100 valence electrons. The Morgan fingerprint density at radius 1 is 1.25 bits per heavy atom. The second kappa shape index (κ2) is 4.75. The summed E-state index contributed by atoms with van der Waals surface area (Å²) >= 11 is 0. The van der Waals surface area contributed by atoms with Crippen molar-refractivity contribution in [2.45, 2.75) is 0 Å². The monoisotopic (exact) mass is 269 g/mol. The van der Waals surface area contributed by atoms with E-state index in [2.05, 4.69) is 10.9 Å². The van der Waals surface area contributed by atoms with E-state index in [1.807, 2.05) is 18.2 Å². The Morgan fingerprint density at radius 2 is 2.10 bits per heavy atom. The number of carbonyl (C=O) groups excluding carboxylic acids is 1. The van der Waals surface area contributed by atoms with Crippen molar-refractivity contribution in [2.75, 3.05) is 6.54 Å². The lowest BCUT2D eigenvalue weighted by Gasteiger charge is -2.03. The Balaban J connectivity index is 2.12. The van der Waals surface area contributed by atoms with E-state index in [1.165, 1.54) is 12.1 Å². The summed E-state index contributed by atoms with van der Waals surface area (Å²) in [6.07, 6.45) is 1.80. The van der Waals surface area contributed by atoms with Crippen LogP contribution in [0.4, 0.5) is 5.69 Å². The molecule has 1 heterocycles. The summed E-state index contributed by atoms with van der Waals surface area (Å²) in [5, 5.41) is 12.4. The van der Waals surface area contributed by atoms with Crippen LogP contribution in [0.5, 0.6) is 0 Å². The number of hydrogen-bond acceptors (Lipinski definition) is 4. The highest BCUT2D eigenvalue weighted by Crippen LogP contribution is 2.25. The second-order valence-corrected chi connectivity index (χ2v) is 4.49. The van der Waals surface area contributed by atoms with E-state index in [0.29, 0.717) is 12.1 Å². The van der Waals surface area contributed by atoms with Crippen molar-refractivity contribution in [3.05, 3.63) is 57.6 Å². The predicted octanol–water partition coefficient (Wildman–Crippen LogP) is 1.77. The van der Waals surface area contributed by atoms with Gasteiger partial charge in [0.2, 0.25) is 0 Å². The standard InChI is InChI=1S/C14H11N3O3/c18-14-11(8-15-16-14)6-9-2-1-3-10-7-12(17(19)20)4-5-13(9)10/h1-7,15H,8H2,(H,16,18)/b11-6+. The lowest BCUT2D eigenvalue weighted by atomic mass is 10.0. The third-order valence-electron chi connectivity index (χ3n) is 3.21. The van der Waals surface area contributed by atoms with Crippen molar-refractivity contribution >= 4 is 28.4 Å². The number of benzene rings is 2. The van der Waals surface area contributed by atoms with Crippen LogP contribution in [-0.4, -0.2) is 17.4 Å². The minimum absolute atomic E-state index is 0.0579. The average molecular weight is 269 g/mol. The molecule has 1 fully saturated rings. The van der Waals surface area contributed by atoms with Crippen molar-refractivity contribution in [1.82, 2.24) is 10.9 Å². The Labute approximate surface area is 114 Å². The first-order valence-corrected chi connectivity index (χ1v) is 6.06. The Bertz CT molecular complexity index is 752. The molecule has 20 heavy (non-hydrogen) atoms. The first-order valence-electron chi connectivity index (χ1n) is 6.06. The molecule has 2 N–H and O–H groups in total. The highest BCUT2D eigenvalue weighted by atomic mass is 16.6. The van der Waals surface area contributed by atoms with E-state index in [-0.39, 0.29) is 11.6 Å². The topological polar surface area (TPSA) is 84.3 Å². The number of carbonyl (C=O) groups is 1. The number of nitrogens with zero attached hydrogens (tertiary/aromatic N) is 1. The number of non-ortho nitro benzene ring substituents is 1. The zero-order valence-electron chi connectivity index (χ0n) is 10.4. The molecule has 1 aliphatic rings. The summed E-state index contributed by atoms with van der Waals surface area (Å²) in [5.74, 6) is -0.149. The predicted molar refractivity (Wildman–Crippen MR) is 74.7 cm³/mol. The summed E-state index contributed by atoms with van der Waals surface area (Å²) in [7, 11) is 0. The van der Waals surface area contributed by atoms with Gasteiger partial charge in [-0.2, -0.15) is 0 Å². The van der Waals surface area contributed by atoms with E-state index >= 15 is 0 Å². The fourth-order valence-electron chi connectivity index (χ4n) is 2.22. The van der Waals surface area contributed by atoms with Crippen LogP contribution in [0.15, 0.2) is 42.0 Å². The molecule has 0 atom stereocenters. The second-order valence-electron chi connectivity index (χ2n) is 4.49. The van der Waals surface area contributed by atoms with Gasteiger partial charge in [0.25, 0.3) is 11.6 Å². The molecule has 1 aliphatic heterocycles. The summed E-state index contributed by atoms with van der Waals surface area (Å²) in [6, 6.07) is 10.2. The van der Waals surface area contributed by atoms with Crippen molar-refractivity contribution in [3.63, 3.8) is 0 Å². The molecule has 0 aromatic heterocycles. The van der Waals surface area contributed by atoms with Gasteiger partial charge in [0.05, 0.1) is 4.92 Å². The Morgan fingerprint density at radius 3 is 2.80 bits per heavy atom. The molecule has 2 aromatic rings. The van der Waals surface area contributed by atoms with Crippen LogP contribution in [0, 0.1) is 10.1 Å². The highest BCUT2D eigenvalue weighted by molar-refractivity contribution is 6.02. The number of nitro benzene ring substituents is 1. The maximum atomic E-state index is 11.5. The van der Waals surface area contributed by atoms with Gasteiger partial charge < -0.3 is 0 Å². The number of hydrogen-bond donors (Lipinski definition) is 2. The van der Waals surface area contributed by atoms with Crippen LogP contribution >= 0.6 is 0 Å². The van der Waals surface area contributed by atoms with Crippen molar-refractivity contribution < 1.29 is 9.72 Å². The number of rotatable bonds is 2. The molecule has 0 unspecified atom stereocenters. The first-order chi connectivity index (χ1) is 9.65. The molecule has 0 radical (unpaired) electrons. The molecule has 2 aromatic carbocycles. The van der Waals surface area contributed by atoms with Crippen molar-refractivity contribution in [2.24, 2.45) is 0 Å². The van der Waals surface area contributed by atoms with Crippen LogP contribution < -0.4 is 10.9 Å². The van der Waals surface area contributed by atoms with Crippen LogP contribution in [0.25, 0.3) is 16.8 Å². The first kappa shape index (κ1) is 12.3. The number of nitro groups is 1. The van der Waals surface area contributed by atoms with E-state index in [1.54, 1.807) is 12.1 Å². The van der Waals surface area contributed by atoms with Crippen molar-refractivity contribution in [1.29, 1.82) is 0 Å². The highest BCUT2D eigenvalue weighted by Gasteiger charge is 2.16. The van der Waals surface area contributed by atoms with Gasteiger partial charge >= 0.3 is 0 Å². The van der Waals surface area contributed by atoms with Crippen molar-refractivity contribution in [3.8, 4) is 0 Å². The molecule has 0 spiro atoms. The van der Waals surface area contributed by atoms with E-state index in [0.717, 1.165) is 16.3 Å². The minimum atomic E-state index is -0.418. The molecular formula is C14H11N3O3. The SMILES string of the molecule is O=C1NNC/C1=C\c1cccc2cc([N+](=O)[O-])ccc12. The molecule has 1 saturated heterocycles. The molecule has 1 amide bonds. The lowest BCUT2D eigenvalue weighted by Crippen LogP contribution is -2.25. The fourth-order valence-corrected chi connectivity index (χ4v) is 2.22. The molecule has 0 saturated carbocycles. The fraction of sp³-hybridized carbons (Fsp3) is 0.0714. The molecule has 0 aliphatic carbocycles. The Hall–Kier alpha value is -2.73. The smallest absolute Gasteiger partial charge is 0.270 e. The number of hydrazine groups is 1. The third kappa shape index (κ3) is 2.12. The molecule has 6 heteroatoms. The lowest BCUT2D eigenvalue weighted by molar-refractivity contribution is -0.384. The van der Waals surface area contributed by atoms with Gasteiger partial charge in [-0.25, -0.2) is 5.43 Å². The summed E-state index contributed by atoms with van der Waals surface area (Å²) in [6.45, 7) is 0.461. The average Bonchev–Trinajstić information content (AvgIpc) is 2.84. The number of amides is 1. The van der Waals surface area contributed by atoms with Gasteiger partial charge in [0.1, 0.15) is 0 Å². The Kier molecular flexibility index (Phi) is 2.92. The van der Waals surface area contributed by atoms with Gasteiger partial charge in [-0.1, -0.05) is 18.2 Å². The van der Waals surface area contributed by atoms with Crippen LogP contribution in [0.1, 0.15) is 5.56 Å². The minimum Gasteiger partial charge on any atom is -0.287 e. The van der Waals surface area contributed by atoms with Crippen LogP contribution in [0.2, 0.25) is 0 Å². The van der Waals surface area contributed by atoms with Crippen LogP contribution in [0.3, 0.4) is 0 Å². The molecule has 6 nitrogen and oxygen atoms in total. The zero-order valence-corrected chi connectivity index (χ0v) is 10.4. The van der Waals surface area contributed by atoms with Gasteiger partial charge in [0.15, 0.2) is 0 Å². The third-order valence-corrected chi connectivity index (χ3v) is 3.21. The summed E-state index contributed by atoms with van der Waals surface area (Å²) in [5.41, 5.74) is 6.83. The largest absolute Gasteiger partial charge is 0.287 e. The number of nitrogens with one attached hydrogen (secondary N) is 2. The van der Waals surface area contributed by atoms with E-state index in [4.69, 9.17) is 0 Å². The van der Waals surface area contributed by atoms with Gasteiger partial charge in [-0.3, -0.25) is 20.3 Å². The summed E-state index contributed by atoms with van der Waals surface area (Å²) in [4.78, 5) is 21.9. The van der Waals surface area contributed by atoms with E-state index < -0.39 is 4.92 Å². The van der Waals surface area contributed by atoms with Gasteiger partial charge in [-0.15, -0.1) is 0 Å². The maximum Gasteiger partial charge on any atom is 0.270 e. The van der Waals surface area contributed by atoms with Gasteiger partial charge in [0, 0.05) is 24.3 Å². The summed E-state index contributed by atoms with van der Waals surface area (Å²) < 4.78 is 0. The molecule has 0 bridgehead atoms. The van der Waals surface area contributed by atoms with Crippen LogP contribution in [-0.2, 0) is 4.79 Å². The normalized spacial score (nSPS) is 16.6. The van der Waals surface area contributed by atoms with Gasteiger partial charge in [-0.05, 0) is 28.5 Å².